The smallest absolute Gasteiger partial charge is 0.186 e. The summed E-state index contributed by atoms with van der Waals surface area (Å²) >= 11 is 0. The summed E-state index contributed by atoms with van der Waals surface area (Å²) in [6.45, 7) is 2.00. The SMILES string of the molecule is CC1=CC(=O)c2ccc3ccccc3c21. The van der Waals surface area contributed by atoms with Gasteiger partial charge < -0.3 is 0 Å². The molecule has 0 heterocycles. The van der Waals surface area contributed by atoms with Crippen molar-refractivity contribution in [3.63, 3.8) is 0 Å². The van der Waals surface area contributed by atoms with Crippen LogP contribution in [-0.2, 0) is 0 Å². The average Bonchev–Trinajstić information content (AvgIpc) is 2.55. The van der Waals surface area contributed by atoms with E-state index < -0.39 is 0 Å². The number of fused-ring (bicyclic) bond motifs is 3. The van der Waals surface area contributed by atoms with Crippen molar-refractivity contribution >= 4 is 22.1 Å². The Morgan fingerprint density at radius 1 is 1.00 bits per heavy atom. The highest BCUT2D eigenvalue weighted by Gasteiger charge is 2.19. The minimum atomic E-state index is 0.133. The van der Waals surface area contributed by atoms with Crippen LogP contribution >= 0.6 is 0 Å². The van der Waals surface area contributed by atoms with Crippen molar-refractivity contribution in [1.82, 2.24) is 0 Å². The third-order valence-electron chi connectivity index (χ3n) is 2.94. The Bertz CT molecular complexity index is 606. The van der Waals surface area contributed by atoms with Crippen molar-refractivity contribution in [2.75, 3.05) is 0 Å². The number of hydrogen-bond donors (Lipinski definition) is 0. The lowest BCUT2D eigenvalue weighted by atomic mass is 9.98. The van der Waals surface area contributed by atoms with Crippen molar-refractivity contribution in [2.45, 2.75) is 6.92 Å². The molecular weight excluding hydrogens is 184 g/mol. The zero-order valence-corrected chi connectivity index (χ0v) is 8.45. The fourth-order valence-corrected chi connectivity index (χ4v) is 2.25. The van der Waals surface area contributed by atoms with Crippen LogP contribution in [0, 0.1) is 0 Å². The Balaban J connectivity index is 2.50. The second kappa shape index (κ2) is 2.80. The summed E-state index contributed by atoms with van der Waals surface area (Å²) < 4.78 is 0. The highest BCUT2D eigenvalue weighted by Crippen LogP contribution is 2.33. The molecule has 0 bridgehead atoms. The fourth-order valence-electron chi connectivity index (χ4n) is 2.25. The number of carbonyl (C=O) groups excluding carboxylic acids is 1. The molecule has 2 aromatic carbocycles. The first-order valence-corrected chi connectivity index (χ1v) is 5.02. The van der Waals surface area contributed by atoms with E-state index in [1.807, 2.05) is 31.2 Å². The molecule has 0 radical (unpaired) electrons. The third kappa shape index (κ3) is 1.06. The summed E-state index contributed by atoms with van der Waals surface area (Å²) in [5.74, 6) is 0.133. The van der Waals surface area contributed by atoms with Gasteiger partial charge in [-0.15, -0.1) is 0 Å². The van der Waals surface area contributed by atoms with Crippen molar-refractivity contribution in [1.29, 1.82) is 0 Å². The number of hydrogen-bond acceptors (Lipinski definition) is 1. The number of ketones is 1. The van der Waals surface area contributed by atoms with E-state index >= 15 is 0 Å². The standard InChI is InChI=1S/C14H10O/c1-9-8-13(15)12-7-6-10-4-2-3-5-11(10)14(9)12/h2-8H,1H3. The summed E-state index contributed by atoms with van der Waals surface area (Å²) in [4.78, 5) is 11.6. The molecule has 0 aromatic heterocycles. The Hall–Kier alpha value is -1.89. The summed E-state index contributed by atoms with van der Waals surface area (Å²) in [6, 6.07) is 12.1. The molecular formula is C14H10O. The van der Waals surface area contributed by atoms with Crippen LogP contribution in [0.5, 0.6) is 0 Å². The van der Waals surface area contributed by atoms with E-state index in [1.165, 1.54) is 10.8 Å². The van der Waals surface area contributed by atoms with E-state index in [9.17, 15) is 4.79 Å². The first kappa shape index (κ1) is 8.42. The molecule has 15 heavy (non-hydrogen) atoms. The molecule has 0 N–H and O–H groups in total. The van der Waals surface area contributed by atoms with E-state index in [4.69, 9.17) is 0 Å². The lowest BCUT2D eigenvalue weighted by molar-refractivity contribution is 0.105. The second-order valence-electron chi connectivity index (χ2n) is 3.90. The van der Waals surface area contributed by atoms with Crippen molar-refractivity contribution in [3.8, 4) is 0 Å². The van der Waals surface area contributed by atoms with Gasteiger partial charge in [-0.05, 0) is 41.0 Å². The average molecular weight is 194 g/mol. The Labute approximate surface area is 88.0 Å². The van der Waals surface area contributed by atoms with Crippen molar-refractivity contribution < 1.29 is 4.79 Å². The van der Waals surface area contributed by atoms with E-state index in [1.54, 1.807) is 6.08 Å². The van der Waals surface area contributed by atoms with Gasteiger partial charge in [-0.2, -0.15) is 0 Å². The summed E-state index contributed by atoms with van der Waals surface area (Å²) in [6.07, 6.45) is 1.72. The number of benzene rings is 2. The molecule has 0 atom stereocenters. The van der Waals surface area contributed by atoms with Crippen molar-refractivity contribution in [3.05, 3.63) is 53.6 Å². The third-order valence-corrected chi connectivity index (χ3v) is 2.94. The molecule has 0 saturated heterocycles. The maximum Gasteiger partial charge on any atom is 0.186 e. The predicted octanol–water partition coefficient (Wildman–Crippen LogP) is 3.44. The zero-order valence-electron chi connectivity index (χ0n) is 8.45. The molecule has 2 aromatic rings. The molecule has 1 heteroatoms. The molecule has 3 rings (SSSR count). The van der Waals surface area contributed by atoms with E-state index in [-0.39, 0.29) is 5.78 Å². The molecule has 0 spiro atoms. The maximum absolute atomic E-state index is 11.6. The van der Waals surface area contributed by atoms with Crippen LogP contribution in [0.4, 0.5) is 0 Å². The quantitative estimate of drug-likeness (QED) is 0.627. The lowest BCUT2D eigenvalue weighted by Crippen LogP contribution is -1.91. The lowest BCUT2D eigenvalue weighted by Gasteiger charge is -2.05. The van der Waals surface area contributed by atoms with Gasteiger partial charge in [-0.1, -0.05) is 30.3 Å². The first-order valence-electron chi connectivity index (χ1n) is 5.02. The fraction of sp³-hybridized carbons (Fsp3) is 0.0714. The highest BCUT2D eigenvalue weighted by atomic mass is 16.1. The number of allylic oxidation sites excluding steroid dienone is 2. The molecule has 1 aliphatic carbocycles. The second-order valence-corrected chi connectivity index (χ2v) is 3.90. The molecule has 0 unspecified atom stereocenters. The number of rotatable bonds is 0. The van der Waals surface area contributed by atoms with Crippen LogP contribution in [0.1, 0.15) is 22.8 Å². The number of carbonyl (C=O) groups is 1. The Morgan fingerprint density at radius 2 is 1.80 bits per heavy atom. The van der Waals surface area contributed by atoms with Crippen LogP contribution in [0.25, 0.3) is 16.3 Å². The van der Waals surface area contributed by atoms with Gasteiger partial charge in [0.15, 0.2) is 5.78 Å². The summed E-state index contributed by atoms with van der Waals surface area (Å²) in [5, 5.41) is 2.37. The molecule has 72 valence electrons. The van der Waals surface area contributed by atoms with E-state index in [0.717, 1.165) is 16.7 Å². The molecule has 0 amide bonds. The summed E-state index contributed by atoms with van der Waals surface area (Å²) in [5.41, 5.74) is 3.02. The predicted molar refractivity (Wildman–Crippen MR) is 61.9 cm³/mol. The van der Waals surface area contributed by atoms with Gasteiger partial charge in [-0.25, -0.2) is 0 Å². The van der Waals surface area contributed by atoms with Gasteiger partial charge >= 0.3 is 0 Å². The molecule has 1 aliphatic rings. The topological polar surface area (TPSA) is 17.1 Å². The van der Waals surface area contributed by atoms with E-state index in [2.05, 4.69) is 12.1 Å². The molecule has 0 saturated carbocycles. The molecule has 0 fully saturated rings. The molecule has 0 aliphatic heterocycles. The monoisotopic (exact) mass is 194 g/mol. The summed E-state index contributed by atoms with van der Waals surface area (Å²) in [7, 11) is 0. The Morgan fingerprint density at radius 3 is 2.67 bits per heavy atom. The normalized spacial score (nSPS) is 14.2. The first-order chi connectivity index (χ1) is 7.27. The van der Waals surface area contributed by atoms with Crippen LogP contribution in [0.3, 0.4) is 0 Å². The minimum absolute atomic E-state index is 0.133. The van der Waals surface area contributed by atoms with Gasteiger partial charge in [0.2, 0.25) is 0 Å². The Kier molecular flexibility index (Phi) is 1.57. The highest BCUT2D eigenvalue weighted by molar-refractivity contribution is 6.20. The van der Waals surface area contributed by atoms with Crippen LogP contribution in [0.2, 0.25) is 0 Å². The molecule has 1 nitrogen and oxygen atoms in total. The van der Waals surface area contributed by atoms with Gasteiger partial charge in [0, 0.05) is 5.56 Å². The van der Waals surface area contributed by atoms with Gasteiger partial charge in [0.25, 0.3) is 0 Å². The zero-order chi connectivity index (χ0) is 10.4. The van der Waals surface area contributed by atoms with Crippen LogP contribution in [0.15, 0.2) is 42.5 Å². The minimum Gasteiger partial charge on any atom is -0.289 e. The van der Waals surface area contributed by atoms with E-state index in [0.29, 0.717) is 0 Å². The largest absolute Gasteiger partial charge is 0.289 e. The van der Waals surface area contributed by atoms with Crippen LogP contribution in [-0.4, -0.2) is 5.78 Å². The van der Waals surface area contributed by atoms with Crippen molar-refractivity contribution in [2.24, 2.45) is 0 Å². The van der Waals surface area contributed by atoms with Gasteiger partial charge in [-0.3, -0.25) is 4.79 Å². The van der Waals surface area contributed by atoms with Gasteiger partial charge in [0.05, 0.1) is 0 Å². The maximum atomic E-state index is 11.6. The van der Waals surface area contributed by atoms with Gasteiger partial charge in [0.1, 0.15) is 0 Å². The van der Waals surface area contributed by atoms with Crippen LogP contribution < -0.4 is 0 Å².